The number of oxime groups is 1. The molecular formula is C65H95N13O18S2. The molecule has 4 bridgehead atoms. The number of phenols is 1. The van der Waals surface area contributed by atoms with E-state index in [0.717, 1.165) is 42.2 Å². The number of nitrogens with zero attached hydrogens (tertiary/aromatic N) is 3. The molecule has 4 heterocycles. The Morgan fingerprint density at radius 3 is 1.89 bits per heavy atom. The van der Waals surface area contributed by atoms with Crippen LogP contribution in [0.4, 0.5) is 0 Å². The number of nitrogens with two attached hydrogens (primary N) is 2. The minimum atomic E-state index is -1.87. The molecule has 33 heteroatoms. The van der Waals surface area contributed by atoms with Gasteiger partial charge in [-0.2, -0.15) is 28.4 Å². The van der Waals surface area contributed by atoms with Gasteiger partial charge in [-0.15, -0.1) is 0 Å². The average molecular weight is 1410 g/mol. The first kappa shape index (κ1) is 78.7. The van der Waals surface area contributed by atoms with Crippen molar-refractivity contribution in [3.8, 4) is 11.5 Å². The van der Waals surface area contributed by atoms with Crippen molar-refractivity contribution in [2.24, 2.45) is 22.5 Å². The third kappa shape index (κ3) is 24.9. The maximum Gasteiger partial charge on any atom is 0.344 e. The van der Waals surface area contributed by atoms with Crippen LogP contribution in [0.3, 0.4) is 0 Å². The predicted octanol–water partition coefficient (Wildman–Crippen LogP) is -0.514. The summed E-state index contributed by atoms with van der Waals surface area (Å²) < 4.78 is 6.29. The fraction of sp³-hybridized carbons (Fsp3) is 0.615. The number of aliphatic hydroxyl groups is 1. The summed E-state index contributed by atoms with van der Waals surface area (Å²) in [6.45, 7) is 6.89. The molecular weight excluding hydrogens is 1310 g/mol. The molecule has 0 unspecified atom stereocenters. The van der Waals surface area contributed by atoms with E-state index in [1.165, 1.54) is 66.5 Å². The van der Waals surface area contributed by atoms with Gasteiger partial charge in [0.25, 0.3) is 5.91 Å². The Kier molecular flexibility index (Phi) is 32.1. The number of hydrogen-bond donors (Lipinski definition) is 12. The summed E-state index contributed by atoms with van der Waals surface area (Å²) in [5.41, 5.74) is 13.6. The van der Waals surface area contributed by atoms with Crippen molar-refractivity contribution in [2.45, 2.75) is 196 Å². The van der Waals surface area contributed by atoms with Crippen LogP contribution in [0.15, 0.2) is 47.6 Å². The summed E-state index contributed by atoms with van der Waals surface area (Å²) in [6, 6.07) is -2.77. The van der Waals surface area contributed by atoms with Crippen molar-refractivity contribution in [3.05, 3.63) is 59.2 Å². The van der Waals surface area contributed by atoms with Crippen LogP contribution in [0.25, 0.3) is 0 Å². The first-order chi connectivity index (χ1) is 46.8. The molecule has 0 aromatic heterocycles. The quantitative estimate of drug-likeness (QED) is 0.0682. The minimum Gasteiger partial charge on any atom is -0.508 e. The number of thioether (sulfide) groups is 2. The number of hydrogen-bond acceptors (Lipinski definition) is 22. The van der Waals surface area contributed by atoms with Crippen molar-refractivity contribution in [2.75, 3.05) is 51.5 Å². The zero-order valence-electron chi connectivity index (χ0n) is 56.0. The number of benzene rings is 2. The maximum atomic E-state index is 15.2. The van der Waals surface area contributed by atoms with Gasteiger partial charge >= 0.3 is 5.97 Å². The van der Waals surface area contributed by atoms with E-state index in [1.54, 1.807) is 13.8 Å². The summed E-state index contributed by atoms with van der Waals surface area (Å²) in [7, 11) is 1.02. The molecule has 2 aromatic rings. The van der Waals surface area contributed by atoms with Crippen LogP contribution in [-0.4, -0.2) is 215 Å². The number of aliphatic hydroxyl groups excluding tert-OH is 1. The summed E-state index contributed by atoms with van der Waals surface area (Å²) in [5.74, 6) is -9.94. The molecule has 0 aliphatic carbocycles. The Labute approximate surface area is 577 Å². The number of fused-ring (bicyclic) bond motifs is 7. The van der Waals surface area contributed by atoms with Crippen molar-refractivity contribution < 1.29 is 87.1 Å². The summed E-state index contributed by atoms with van der Waals surface area (Å²) in [5, 5.41) is 46.1. The first-order valence-electron chi connectivity index (χ1n) is 33.1. The zero-order valence-corrected chi connectivity index (χ0v) is 57.7. The molecule has 0 spiro atoms. The van der Waals surface area contributed by atoms with Crippen LogP contribution in [0, 0.1) is 5.92 Å². The highest BCUT2D eigenvalue weighted by Crippen LogP contribution is 2.28. The topological polar surface area (TPSA) is 449 Å². The van der Waals surface area contributed by atoms with E-state index in [1.807, 2.05) is 18.2 Å². The molecule has 31 nitrogen and oxygen atoms in total. The van der Waals surface area contributed by atoms with Crippen molar-refractivity contribution >= 4 is 101 Å². The number of carbonyl (C=O) groups excluding carboxylic acids is 12. The third-order valence-electron chi connectivity index (χ3n) is 16.6. The number of carbonyl (C=O) groups is 12. The molecule has 2 saturated heterocycles. The van der Waals surface area contributed by atoms with Crippen molar-refractivity contribution in [1.82, 2.24) is 52.3 Å². The molecule has 0 saturated carbocycles. The van der Waals surface area contributed by atoms with Gasteiger partial charge < -0.3 is 83.6 Å². The fourth-order valence-corrected chi connectivity index (χ4v) is 13.5. The molecule has 11 amide bonds. The monoisotopic (exact) mass is 1410 g/mol. The van der Waals surface area contributed by atoms with E-state index >= 15 is 4.79 Å². The molecule has 4 aliphatic heterocycles. The standard InChI is InChI=1S/C65H95N13O18S2/c1-37(2)26-46-60(87)71-48(31-54(82)96-93-5)61(88)76-55(39(4)79)65(92)78-23-13-16-52(78)63(90)73-47(30-40-17-19-43(80)20-18-40)59(86)69-38(3)57(84)74-49(56(67)83)35-97-33-41-27-42-29-44(28-41)94-24-10-6-7-11-25-95-68-32-53(81)70-45(14-8-9-21-66)58(85)75-50(36-98-34-42)64(91)77-22-12-15-51(77)62(89)72-46/h17-20,27-29,32,37-39,45-52,55,79-80H,6-16,21-26,30-31,33-36,66H2,1-5H3,(H2,67,83)(H,69,86)(H,70,81)(H,71,87)(H,72,89)(H,73,90)(H,74,84)(H,75,85)(H,76,88)/b68-32+/t38-,39+,45-,46-,47-,48-,49-,50-,51-,52-,55-/m0/s1. The van der Waals surface area contributed by atoms with E-state index in [4.69, 9.17) is 21.0 Å². The van der Waals surface area contributed by atoms with Gasteiger partial charge in [-0.05, 0) is 144 Å². The van der Waals surface area contributed by atoms with E-state index in [0.29, 0.717) is 56.6 Å². The molecule has 2 fully saturated rings. The van der Waals surface area contributed by atoms with E-state index in [9.17, 15) is 63.0 Å². The summed E-state index contributed by atoms with van der Waals surface area (Å²) in [6.07, 6.45) is 2.75. The Balaban J connectivity index is 1.40. The third-order valence-corrected chi connectivity index (χ3v) is 18.8. The molecule has 98 heavy (non-hydrogen) atoms. The van der Waals surface area contributed by atoms with Gasteiger partial charge in [0.1, 0.15) is 84.7 Å². The Hall–Kier alpha value is -8.27. The summed E-state index contributed by atoms with van der Waals surface area (Å²) in [4.78, 5) is 187. The second-order valence-corrected chi connectivity index (χ2v) is 27.1. The number of ether oxygens (including phenoxy) is 1. The zero-order chi connectivity index (χ0) is 71.4. The number of nitrogens with one attached hydrogen (secondary N) is 8. The molecule has 4 aliphatic rings. The molecule has 11 atom stereocenters. The van der Waals surface area contributed by atoms with Gasteiger partial charge in [0.05, 0.1) is 26.2 Å². The number of rotatable bonds is 13. The Bertz CT molecular complexity index is 3130. The SMILES string of the molecule is COOC(=O)C[C@@H]1NC(=O)[C@H](CC(C)C)NC(=O)[C@@H]2CCCN2C(=O)[C@@H]2CSCc3cc(cc(c3)OCCCCCCO/N=C/C(=O)N[C@@H](CCCCN)C(=O)N2)CSC[C@@H](C(N)=O)NC(=O)[C@H](C)NC(=O)[C@H](Cc2ccc(O)cc2)NC(=O)[C@@H]2CCCN2C(=O)[C@H]([C@@H](C)O)NC1=O. The summed E-state index contributed by atoms with van der Waals surface area (Å²) >= 11 is 2.54. The van der Waals surface area contributed by atoms with Crippen LogP contribution in [0.1, 0.15) is 128 Å². The highest BCUT2D eigenvalue weighted by molar-refractivity contribution is 7.98. The highest BCUT2D eigenvalue weighted by Gasteiger charge is 2.44. The molecule has 6 rings (SSSR count). The van der Waals surface area contributed by atoms with Crippen LogP contribution in [-0.2, 0) is 90.1 Å². The van der Waals surface area contributed by atoms with Crippen molar-refractivity contribution in [3.63, 3.8) is 0 Å². The minimum absolute atomic E-state index is 0.0243. The molecule has 2 aromatic carbocycles. The lowest BCUT2D eigenvalue weighted by atomic mass is 10.0. The average Bonchev–Trinajstić information content (AvgIpc) is 1.62. The lowest BCUT2D eigenvalue weighted by Gasteiger charge is -2.32. The predicted molar refractivity (Wildman–Crippen MR) is 361 cm³/mol. The van der Waals surface area contributed by atoms with Crippen LogP contribution in [0.5, 0.6) is 11.5 Å². The smallest absolute Gasteiger partial charge is 0.344 e. The van der Waals surface area contributed by atoms with Gasteiger partial charge in [-0.1, -0.05) is 37.2 Å². The van der Waals surface area contributed by atoms with Gasteiger partial charge in [-0.25, -0.2) is 4.79 Å². The van der Waals surface area contributed by atoms with E-state index < -0.39 is 144 Å². The molecule has 0 radical (unpaired) electrons. The number of phenolic OH excluding ortho intramolecular Hbond substituents is 1. The largest absolute Gasteiger partial charge is 0.508 e. The second kappa shape index (κ2) is 40.0. The van der Waals surface area contributed by atoms with Crippen LogP contribution in [0.2, 0.25) is 0 Å². The van der Waals surface area contributed by atoms with Gasteiger partial charge in [-0.3, -0.25) is 57.6 Å². The van der Waals surface area contributed by atoms with Crippen LogP contribution >= 0.6 is 23.5 Å². The highest BCUT2D eigenvalue weighted by atomic mass is 32.2. The number of unbranched alkanes of at least 4 members (excludes halogenated alkanes) is 1. The number of primary amides is 1. The lowest BCUT2D eigenvalue weighted by Crippen LogP contribution is -2.62. The second-order valence-electron chi connectivity index (χ2n) is 25.1. The Morgan fingerprint density at radius 2 is 1.27 bits per heavy atom. The number of aromatic hydroxyl groups is 1. The maximum absolute atomic E-state index is 15.2. The lowest BCUT2D eigenvalue weighted by molar-refractivity contribution is -0.255. The first-order valence-corrected chi connectivity index (χ1v) is 35.5. The number of amides is 11. The van der Waals surface area contributed by atoms with Gasteiger partial charge in [0.2, 0.25) is 59.1 Å². The normalized spacial score (nSPS) is 26.4. The van der Waals surface area contributed by atoms with Gasteiger partial charge in [0.15, 0.2) is 0 Å². The molecule has 14 N–H and O–H groups in total. The van der Waals surface area contributed by atoms with Gasteiger partial charge in [0, 0.05) is 42.5 Å². The van der Waals surface area contributed by atoms with Crippen LogP contribution < -0.4 is 58.7 Å². The van der Waals surface area contributed by atoms with E-state index in [2.05, 4.69) is 57.5 Å². The van der Waals surface area contributed by atoms with E-state index in [-0.39, 0.29) is 92.9 Å². The fourth-order valence-electron chi connectivity index (χ4n) is 11.5. The molecule has 540 valence electrons. The Morgan fingerprint density at radius 1 is 0.673 bits per heavy atom. The van der Waals surface area contributed by atoms with Crippen molar-refractivity contribution in [1.29, 1.82) is 0 Å².